The van der Waals surface area contributed by atoms with Gasteiger partial charge in [0.15, 0.2) is 0 Å². The normalized spacial score (nSPS) is 19.9. The summed E-state index contributed by atoms with van der Waals surface area (Å²) in [6, 6.07) is 10.6. The van der Waals surface area contributed by atoms with Crippen molar-refractivity contribution in [2.75, 3.05) is 0 Å². The minimum atomic E-state index is -0.216. The topological polar surface area (TPSA) is 66.9 Å². The fourth-order valence-electron chi connectivity index (χ4n) is 4.43. The number of carbonyl (C=O) groups is 1. The Morgan fingerprint density at radius 1 is 1.22 bits per heavy atom. The SMILES string of the molecule is Cc1c[nH]c(=O)c2c(C(=O)N[C@H]3CCC[C@@H](c4ccccc4)C3)cn(C)c12. The molecule has 0 aliphatic heterocycles. The van der Waals surface area contributed by atoms with Crippen molar-refractivity contribution in [2.24, 2.45) is 7.05 Å². The van der Waals surface area contributed by atoms with Gasteiger partial charge in [-0.25, -0.2) is 0 Å². The summed E-state index contributed by atoms with van der Waals surface area (Å²) >= 11 is 0. The lowest BCUT2D eigenvalue weighted by molar-refractivity contribution is 0.0926. The molecule has 140 valence electrons. The fourth-order valence-corrected chi connectivity index (χ4v) is 4.43. The third kappa shape index (κ3) is 3.29. The predicted octanol–water partition coefficient (Wildman–Crippen LogP) is 3.63. The largest absolute Gasteiger partial charge is 0.349 e. The van der Waals surface area contributed by atoms with E-state index in [9.17, 15) is 9.59 Å². The lowest BCUT2D eigenvalue weighted by Gasteiger charge is -2.30. The van der Waals surface area contributed by atoms with Gasteiger partial charge in [-0.2, -0.15) is 0 Å². The molecule has 1 aliphatic rings. The van der Waals surface area contributed by atoms with E-state index < -0.39 is 0 Å². The molecule has 0 radical (unpaired) electrons. The third-order valence-electron chi connectivity index (χ3n) is 5.73. The van der Waals surface area contributed by atoms with Gasteiger partial charge in [0.2, 0.25) is 0 Å². The Bertz CT molecular complexity index is 1030. The Balaban J connectivity index is 1.57. The maximum absolute atomic E-state index is 13.0. The van der Waals surface area contributed by atoms with Crippen LogP contribution in [0.3, 0.4) is 0 Å². The van der Waals surface area contributed by atoms with Crippen molar-refractivity contribution < 1.29 is 4.79 Å². The number of H-pyrrole nitrogens is 1. The summed E-state index contributed by atoms with van der Waals surface area (Å²) in [5, 5.41) is 3.66. The van der Waals surface area contributed by atoms with Crippen molar-refractivity contribution in [3.8, 4) is 0 Å². The zero-order chi connectivity index (χ0) is 19.0. The van der Waals surface area contributed by atoms with Crippen LogP contribution in [0.15, 0.2) is 47.5 Å². The van der Waals surface area contributed by atoms with E-state index in [-0.39, 0.29) is 17.5 Å². The van der Waals surface area contributed by atoms with Gasteiger partial charge in [0.1, 0.15) is 0 Å². The van der Waals surface area contributed by atoms with Gasteiger partial charge in [0.05, 0.1) is 16.5 Å². The molecule has 2 heterocycles. The van der Waals surface area contributed by atoms with Gasteiger partial charge < -0.3 is 14.9 Å². The molecule has 2 N–H and O–H groups in total. The quantitative estimate of drug-likeness (QED) is 0.746. The Morgan fingerprint density at radius 3 is 2.78 bits per heavy atom. The summed E-state index contributed by atoms with van der Waals surface area (Å²) < 4.78 is 1.86. The molecule has 27 heavy (non-hydrogen) atoms. The maximum atomic E-state index is 13.0. The van der Waals surface area contributed by atoms with E-state index in [1.807, 2.05) is 24.6 Å². The fraction of sp³-hybridized carbons (Fsp3) is 0.364. The molecule has 5 heteroatoms. The number of carbonyl (C=O) groups excluding carboxylic acids is 1. The molecule has 0 unspecified atom stereocenters. The van der Waals surface area contributed by atoms with Gasteiger partial charge in [-0.1, -0.05) is 36.8 Å². The number of aryl methyl sites for hydroxylation is 2. The number of rotatable bonds is 3. The van der Waals surface area contributed by atoms with Crippen LogP contribution in [0.25, 0.3) is 10.9 Å². The second kappa shape index (κ2) is 7.06. The lowest BCUT2D eigenvalue weighted by Crippen LogP contribution is -2.38. The van der Waals surface area contributed by atoms with Crippen LogP contribution in [0.1, 0.15) is 53.1 Å². The number of aromatic amines is 1. The van der Waals surface area contributed by atoms with E-state index in [0.717, 1.165) is 36.8 Å². The van der Waals surface area contributed by atoms with Gasteiger partial charge in [-0.15, -0.1) is 0 Å². The summed E-state index contributed by atoms with van der Waals surface area (Å²) in [4.78, 5) is 28.1. The zero-order valence-corrected chi connectivity index (χ0v) is 15.8. The molecular formula is C22H25N3O2. The van der Waals surface area contributed by atoms with Gasteiger partial charge in [-0.05, 0) is 43.2 Å². The standard InChI is InChI=1S/C22H25N3O2/c1-14-12-23-22(27)19-18(13-25(2)20(14)19)21(26)24-17-10-6-9-16(11-17)15-7-4-3-5-8-15/h3-5,7-8,12-13,16-17H,6,9-11H2,1-2H3,(H,23,27)(H,24,26)/t16-,17+/m1/s1. The third-order valence-corrected chi connectivity index (χ3v) is 5.73. The van der Waals surface area contributed by atoms with Crippen molar-refractivity contribution in [3.05, 3.63) is 69.8 Å². The average molecular weight is 363 g/mol. The van der Waals surface area contributed by atoms with Crippen LogP contribution in [0.5, 0.6) is 0 Å². The van der Waals surface area contributed by atoms with Gasteiger partial charge in [-0.3, -0.25) is 9.59 Å². The molecule has 4 rings (SSSR count). The van der Waals surface area contributed by atoms with E-state index >= 15 is 0 Å². The number of hydrogen-bond donors (Lipinski definition) is 2. The molecule has 0 bridgehead atoms. The van der Waals surface area contributed by atoms with Crippen LogP contribution in [-0.4, -0.2) is 21.5 Å². The van der Waals surface area contributed by atoms with Crippen LogP contribution in [0.2, 0.25) is 0 Å². The Morgan fingerprint density at radius 2 is 2.00 bits per heavy atom. The molecule has 1 aliphatic carbocycles. The highest BCUT2D eigenvalue weighted by Crippen LogP contribution is 2.33. The first kappa shape index (κ1) is 17.6. The second-order valence-electron chi connectivity index (χ2n) is 7.62. The number of benzene rings is 1. The molecule has 1 aromatic carbocycles. The molecule has 1 saturated carbocycles. The number of pyridine rings is 1. The van der Waals surface area contributed by atoms with Crippen LogP contribution in [0.4, 0.5) is 0 Å². The Hall–Kier alpha value is -2.82. The summed E-state index contributed by atoms with van der Waals surface area (Å²) in [7, 11) is 1.87. The minimum absolute atomic E-state index is 0.135. The second-order valence-corrected chi connectivity index (χ2v) is 7.62. The number of amides is 1. The molecular weight excluding hydrogens is 338 g/mol. The molecule has 1 amide bonds. The van der Waals surface area contributed by atoms with Crippen molar-refractivity contribution in [2.45, 2.75) is 44.6 Å². The van der Waals surface area contributed by atoms with E-state index in [1.165, 1.54) is 5.56 Å². The number of nitrogens with one attached hydrogen (secondary N) is 2. The number of fused-ring (bicyclic) bond motifs is 1. The van der Waals surface area contributed by atoms with Crippen LogP contribution < -0.4 is 10.9 Å². The van der Waals surface area contributed by atoms with E-state index in [0.29, 0.717) is 16.9 Å². The monoisotopic (exact) mass is 363 g/mol. The zero-order valence-electron chi connectivity index (χ0n) is 15.8. The first-order chi connectivity index (χ1) is 13.0. The van der Waals surface area contributed by atoms with Gasteiger partial charge in [0.25, 0.3) is 11.5 Å². The highest BCUT2D eigenvalue weighted by molar-refractivity contribution is 6.07. The number of hydrogen-bond acceptors (Lipinski definition) is 2. The Kier molecular flexibility index (Phi) is 4.60. The number of nitrogens with zero attached hydrogens (tertiary/aromatic N) is 1. The van der Waals surface area contributed by atoms with Crippen LogP contribution >= 0.6 is 0 Å². The van der Waals surface area contributed by atoms with E-state index in [1.54, 1.807) is 12.4 Å². The maximum Gasteiger partial charge on any atom is 0.258 e. The first-order valence-electron chi connectivity index (χ1n) is 9.57. The Labute approximate surface area is 158 Å². The molecule has 3 aromatic rings. The van der Waals surface area contributed by atoms with E-state index in [4.69, 9.17) is 0 Å². The van der Waals surface area contributed by atoms with Crippen molar-refractivity contribution >= 4 is 16.8 Å². The van der Waals surface area contributed by atoms with Gasteiger partial charge >= 0.3 is 0 Å². The van der Waals surface area contributed by atoms with Crippen LogP contribution in [0, 0.1) is 6.92 Å². The molecule has 0 saturated heterocycles. The predicted molar refractivity (Wildman–Crippen MR) is 107 cm³/mol. The molecule has 0 spiro atoms. The number of aromatic nitrogens is 2. The summed E-state index contributed by atoms with van der Waals surface area (Å²) in [6.07, 6.45) is 7.63. The molecule has 2 aromatic heterocycles. The highest BCUT2D eigenvalue weighted by atomic mass is 16.2. The summed E-state index contributed by atoms with van der Waals surface area (Å²) in [6.45, 7) is 1.94. The van der Waals surface area contributed by atoms with E-state index in [2.05, 4.69) is 34.6 Å². The highest BCUT2D eigenvalue weighted by Gasteiger charge is 2.26. The minimum Gasteiger partial charge on any atom is -0.349 e. The molecule has 1 fully saturated rings. The first-order valence-corrected chi connectivity index (χ1v) is 9.57. The van der Waals surface area contributed by atoms with Crippen molar-refractivity contribution in [3.63, 3.8) is 0 Å². The van der Waals surface area contributed by atoms with Gasteiger partial charge in [0, 0.05) is 25.5 Å². The average Bonchev–Trinajstić information content (AvgIpc) is 3.04. The summed E-state index contributed by atoms with van der Waals surface area (Å²) in [5.41, 5.74) is 3.35. The smallest absolute Gasteiger partial charge is 0.258 e. The molecule has 2 atom stereocenters. The van der Waals surface area contributed by atoms with Crippen LogP contribution in [-0.2, 0) is 7.05 Å². The lowest BCUT2D eigenvalue weighted by atomic mass is 9.81. The van der Waals surface area contributed by atoms with Crippen molar-refractivity contribution in [1.29, 1.82) is 0 Å². The van der Waals surface area contributed by atoms with Crippen molar-refractivity contribution in [1.82, 2.24) is 14.9 Å². The molecule has 5 nitrogen and oxygen atoms in total. The summed E-state index contributed by atoms with van der Waals surface area (Å²) in [5.74, 6) is 0.318.